The van der Waals surface area contributed by atoms with Gasteiger partial charge in [0.05, 0.1) is 0 Å². The molecule has 0 bridgehead atoms. The molecular formula is C7H14N4O2. The van der Waals surface area contributed by atoms with Crippen molar-refractivity contribution in [2.45, 2.75) is 18.4 Å². The Morgan fingerprint density at radius 1 is 1.62 bits per heavy atom. The molecule has 0 aromatic carbocycles. The number of rotatable bonds is 4. The Bertz CT molecular complexity index is 249. The van der Waals surface area contributed by atoms with Crippen molar-refractivity contribution in [3.63, 3.8) is 0 Å². The lowest BCUT2D eigenvalue weighted by Gasteiger charge is -2.03. The molecule has 6 heteroatoms. The smallest absolute Gasteiger partial charge is 0.323 e. The molecular weight excluding hydrogens is 172 g/mol. The Morgan fingerprint density at radius 3 is 2.62 bits per heavy atom. The van der Waals surface area contributed by atoms with Gasteiger partial charge in [-0.1, -0.05) is 0 Å². The van der Waals surface area contributed by atoms with Gasteiger partial charge in [0, 0.05) is 6.54 Å². The molecule has 0 aromatic heterocycles. The first-order valence-corrected chi connectivity index (χ1v) is 4.04. The topological polar surface area (TPSA) is 128 Å². The van der Waals surface area contributed by atoms with E-state index in [4.69, 9.17) is 22.3 Å². The number of hydrogen-bond donors (Lipinski definition) is 4. The average Bonchev–Trinajstić information content (AvgIpc) is 2.63. The molecule has 7 N–H and O–H groups in total. The molecule has 0 heterocycles. The first-order chi connectivity index (χ1) is 5.97. The van der Waals surface area contributed by atoms with Crippen molar-refractivity contribution < 1.29 is 9.90 Å². The molecule has 1 aliphatic carbocycles. The van der Waals surface area contributed by atoms with Gasteiger partial charge in [-0.3, -0.25) is 9.79 Å². The minimum absolute atomic E-state index is 0.00750. The highest BCUT2D eigenvalue weighted by Gasteiger charge is 2.56. The van der Waals surface area contributed by atoms with Crippen molar-refractivity contribution >= 4 is 11.9 Å². The van der Waals surface area contributed by atoms with Crippen molar-refractivity contribution in [2.24, 2.45) is 28.1 Å². The lowest BCUT2D eigenvalue weighted by Crippen LogP contribution is -2.35. The number of carboxylic acids is 1. The molecule has 13 heavy (non-hydrogen) atoms. The van der Waals surface area contributed by atoms with Gasteiger partial charge >= 0.3 is 5.97 Å². The lowest BCUT2D eigenvalue weighted by molar-refractivity contribution is -0.140. The summed E-state index contributed by atoms with van der Waals surface area (Å²) in [5.74, 6) is -0.908. The Morgan fingerprint density at radius 2 is 2.23 bits per heavy atom. The van der Waals surface area contributed by atoms with Gasteiger partial charge in [0.2, 0.25) is 0 Å². The van der Waals surface area contributed by atoms with Gasteiger partial charge < -0.3 is 22.3 Å². The van der Waals surface area contributed by atoms with Gasteiger partial charge in [-0.05, 0) is 18.8 Å². The Hall–Kier alpha value is -1.30. The van der Waals surface area contributed by atoms with E-state index in [0.29, 0.717) is 19.4 Å². The zero-order valence-corrected chi connectivity index (χ0v) is 7.23. The van der Waals surface area contributed by atoms with E-state index in [1.165, 1.54) is 0 Å². The van der Waals surface area contributed by atoms with Crippen LogP contribution in [0.3, 0.4) is 0 Å². The van der Waals surface area contributed by atoms with Crippen LogP contribution >= 0.6 is 0 Å². The summed E-state index contributed by atoms with van der Waals surface area (Å²) in [6, 6.07) is 0. The molecule has 0 aromatic rings. The van der Waals surface area contributed by atoms with Gasteiger partial charge in [-0.15, -0.1) is 0 Å². The highest BCUT2D eigenvalue weighted by atomic mass is 16.4. The summed E-state index contributed by atoms with van der Waals surface area (Å²) in [6.45, 7) is 0.444. The maximum atomic E-state index is 10.6. The van der Waals surface area contributed by atoms with Crippen LogP contribution in [0.1, 0.15) is 12.8 Å². The number of nitrogens with zero attached hydrogens (tertiary/aromatic N) is 1. The number of guanidine groups is 1. The van der Waals surface area contributed by atoms with Crippen molar-refractivity contribution in [2.75, 3.05) is 6.54 Å². The van der Waals surface area contributed by atoms with Crippen LogP contribution in [0.15, 0.2) is 4.99 Å². The van der Waals surface area contributed by atoms with Crippen LogP contribution in [0, 0.1) is 5.92 Å². The first-order valence-electron chi connectivity index (χ1n) is 4.04. The number of carboxylic acid groups (broad SMARTS) is 1. The molecule has 1 fully saturated rings. The largest absolute Gasteiger partial charge is 0.480 e. The summed E-state index contributed by atoms with van der Waals surface area (Å²) in [6.07, 6.45) is 1.14. The van der Waals surface area contributed by atoms with Gasteiger partial charge in [0.15, 0.2) is 5.96 Å². The van der Waals surface area contributed by atoms with Gasteiger partial charge in [0.1, 0.15) is 5.54 Å². The van der Waals surface area contributed by atoms with E-state index in [1.54, 1.807) is 0 Å². The van der Waals surface area contributed by atoms with E-state index >= 15 is 0 Å². The van der Waals surface area contributed by atoms with Crippen molar-refractivity contribution in [1.29, 1.82) is 0 Å². The minimum Gasteiger partial charge on any atom is -0.480 e. The van der Waals surface area contributed by atoms with Crippen molar-refractivity contribution in [3.8, 4) is 0 Å². The standard InChI is InChI=1S/C7H14N4O2/c8-6(9)11-2-1-4-3-7(4,10)5(12)13/h4H,1-3,10H2,(H,12,13)(H4,8,9,11)/t4-,7+/m1/s1. The summed E-state index contributed by atoms with van der Waals surface area (Å²) in [4.78, 5) is 14.3. The maximum absolute atomic E-state index is 10.6. The summed E-state index contributed by atoms with van der Waals surface area (Å²) >= 11 is 0. The molecule has 1 aliphatic rings. The highest BCUT2D eigenvalue weighted by Crippen LogP contribution is 2.43. The van der Waals surface area contributed by atoms with E-state index in [9.17, 15) is 4.79 Å². The minimum atomic E-state index is -1.03. The molecule has 1 saturated carbocycles. The predicted molar refractivity (Wildman–Crippen MR) is 48.0 cm³/mol. The highest BCUT2D eigenvalue weighted by molar-refractivity contribution is 5.82. The molecule has 74 valence electrons. The van der Waals surface area contributed by atoms with Crippen LogP contribution in [0.25, 0.3) is 0 Å². The number of nitrogens with two attached hydrogens (primary N) is 3. The van der Waals surface area contributed by atoms with Crippen LogP contribution in [0.5, 0.6) is 0 Å². The zero-order valence-electron chi connectivity index (χ0n) is 7.23. The molecule has 0 saturated heterocycles. The normalized spacial score (nSPS) is 31.0. The number of aliphatic carboxylic acids is 1. The zero-order chi connectivity index (χ0) is 10.1. The molecule has 2 atom stereocenters. The first kappa shape index (κ1) is 9.79. The molecule has 1 rings (SSSR count). The monoisotopic (exact) mass is 186 g/mol. The summed E-state index contributed by atoms with van der Waals surface area (Å²) in [5, 5.41) is 8.68. The van der Waals surface area contributed by atoms with Crippen molar-refractivity contribution in [1.82, 2.24) is 0 Å². The average molecular weight is 186 g/mol. The molecule has 0 unspecified atom stereocenters. The van der Waals surface area contributed by atoms with E-state index < -0.39 is 11.5 Å². The van der Waals surface area contributed by atoms with Gasteiger partial charge in [-0.2, -0.15) is 0 Å². The molecule has 0 amide bonds. The van der Waals surface area contributed by atoms with Crippen LogP contribution in [0.4, 0.5) is 0 Å². The number of aliphatic imine (C=N–C) groups is 1. The summed E-state index contributed by atoms with van der Waals surface area (Å²) in [5.41, 5.74) is 14.7. The predicted octanol–water partition coefficient (Wildman–Crippen LogP) is -1.55. The quantitative estimate of drug-likeness (QED) is 0.312. The fourth-order valence-electron chi connectivity index (χ4n) is 1.32. The van der Waals surface area contributed by atoms with Crippen molar-refractivity contribution in [3.05, 3.63) is 0 Å². The SMILES string of the molecule is NC(N)=NCC[C@@H]1C[C@@]1(N)C(=O)O. The third-order valence-corrected chi connectivity index (χ3v) is 2.32. The summed E-state index contributed by atoms with van der Waals surface area (Å²) in [7, 11) is 0. The van der Waals surface area contributed by atoms with E-state index in [2.05, 4.69) is 4.99 Å². The summed E-state index contributed by atoms with van der Waals surface area (Å²) < 4.78 is 0. The van der Waals surface area contributed by atoms with Crippen LogP contribution in [0.2, 0.25) is 0 Å². The second-order valence-electron chi connectivity index (χ2n) is 3.34. The maximum Gasteiger partial charge on any atom is 0.323 e. The Labute approximate surface area is 75.8 Å². The van der Waals surface area contributed by atoms with E-state index in [0.717, 1.165) is 0 Å². The third kappa shape index (κ3) is 2.09. The second kappa shape index (κ2) is 3.21. The molecule has 0 aliphatic heterocycles. The fourth-order valence-corrected chi connectivity index (χ4v) is 1.32. The molecule has 6 nitrogen and oxygen atoms in total. The van der Waals surface area contributed by atoms with Crippen LogP contribution in [-0.2, 0) is 4.79 Å². The molecule has 0 radical (unpaired) electrons. The Balaban J connectivity index is 2.29. The van der Waals surface area contributed by atoms with E-state index in [-0.39, 0.29) is 11.9 Å². The van der Waals surface area contributed by atoms with Gasteiger partial charge in [-0.25, -0.2) is 0 Å². The van der Waals surface area contributed by atoms with Crippen LogP contribution in [-0.4, -0.2) is 29.1 Å². The fraction of sp³-hybridized carbons (Fsp3) is 0.714. The lowest BCUT2D eigenvalue weighted by atomic mass is 10.2. The molecule has 0 spiro atoms. The second-order valence-corrected chi connectivity index (χ2v) is 3.34. The Kier molecular flexibility index (Phi) is 2.42. The van der Waals surface area contributed by atoms with E-state index in [1.807, 2.05) is 0 Å². The number of carbonyl (C=O) groups is 1. The van der Waals surface area contributed by atoms with Crippen LogP contribution < -0.4 is 17.2 Å². The third-order valence-electron chi connectivity index (χ3n) is 2.32. The van der Waals surface area contributed by atoms with Gasteiger partial charge in [0.25, 0.3) is 0 Å². The number of hydrogen-bond acceptors (Lipinski definition) is 3.